The molecule has 22 heavy (non-hydrogen) atoms. The van der Waals surface area contributed by atoms with Crippen molar-refractivity contribution in [2.75, 3.05) is 32.4 Å². The Kier molecular flexibility index (Phi) is 7.56. The standard InChI is InChI=1S/C17H25ClN2OS/c1-20-10-4-7-14(12-20)17(21)19-9-5-11-22-13-15-6-2-3-8-16(15)18/h2-3,6,8,14H,4-5,7,9-13H2,1H3,(H,19,21). The number of hydrogen-bond donors (Lipinski definition) is 1. The minimum absolute atomic E-state index is 0.175. The van der Waals surface area contributed by atoms with Gasteiger partial charge in [-0.1, -0.05) is 29.8 Å². The van der Waals surface area contributed by atoms with Crippen molar-refractivity contribution in [1.82, 2.24) is 10.2 Å². The highest BCUT2D eigenvalue weighted by Gasteiger charge is 2.23. The van der Waals surface area contributed by atoms with Crippen molar-refractivity contribution in [3.63, 3.8) is 0 Å². The highest BCUT2D eigenvalue weighted by atomic mass is 35.5. The first-order chi connectivity index (χ1) is 10.7. The van der Waals surface area contributed by atoms with Gasteiger partial charge in [-0.25, -0.2) is 0 Å². The zero-order valence-electron chi connectivity index (χ0n) is 13.2. The third-order valence-electron chi connectivity index (χ3n) is 3.98. The van der Waals surface area contributed by atoms with Crippen LogP contribution in [0.3, 0.4) is 0 Å². The molecule has 0 aliphatic carbocycles. The van der Waals surface area contributed by atoms with Crippen molar-refractivity contribution in [2.24, 2.45) is 5.92 Å². The molecule has 1 atom stereocenters. The lowest BCUT2D eigenvalue weighted by Gasteiger charge is -2.28. The molecule has 1 amide bonds. The number of hydrogen-bond acceptors (Lipinski definition) is 3. The Labute approximate surface area is 142 Å². The fourth-order valence-corrected chi connectivity index (χ4v) is 3.95. The molecular weight excluding hydrogens is 316 g/mol. The molecular formula is C17H25ClN2OS. The largest absolute Gasteiger partial charge is 0.356 e. The van der Waals surface area contributed by atoms with Gasteiger partial charge in [0.05, 0.1) is 5.92 Å². The van der Waals surface area contributed by atoms with Gasteiger partial charge in [-0.3, -0.25) is 4.79 Å². The van der Waals surface area contributed by atoms with Crippen molar-refractivity contribution in [3.05, 3.63) is 34.9 Å². The third-order valence-corrected chi connectivity index (χ3v) is 5.44. The molecule has 0 radical (unpaired) electrons. The van der Waals surface area contributed by atoms with Crippen LogP contribution in [-0.2, 0) is 10.5 Å². The second-order valence-corrected chi connectivity index (χ2v) is 7.40. The molecule has 1 aromatic carbocycles. The number of nitrogens with one attached hydrogen (secondary N) is 1. The molecule has 122 valence electrons. The van der Waals surface area contributed by atoms with Crippen LogP contribution < -0.4 is 5.32 Å². The summed E-state index contributed by atoms with van der Waals surface area (Å²) in [5, 5.41) is 3.92. The second-order valence-electron chi connectivity index (χ2n) is 5.89. The Morgan fingerprint density at radius 2 is 2.27 bits per heavy atom. The molecule has 1 heterocycles. The number of rotatable bonds is 7. The number of likely N-dealkylation sites (tertiary alicyclic amines) is 1. The van der Waals surface area contributed by atoms with Crippen molar-refractivity contribution >= 4 is 29.3 Å². The Balaban J connectivity index is 1.55. The van der Waals surface area contributed by atoms with E-state index in [4.69, 9.17) is 11.6 Å². The van der Waals surface area contributed by atoms with Gasteiger partial charge in [-0.2, -0.15) is 11.8 Å². The molecule has 2 rings (SSSR count). The summed E-state index contributed by atoms with van der Waals surface area (Å²) >= 11 is 7.99. The van der Waals surface area contributed by atoms with E-state index in [-0.39, 0.29) is 11.8 Å². The van der Waals surface area contributed by atoms with Gasteiger partial charge in [-0.15, -0.1) is 0 Å². The van der Waals surface area contributed by atoms with Crippen molar-refractivity contribution in [1.29, 1.82) is 0 Å². The molecule has 0 saturated carbocycles. The predicted octanol–water partition coefficient (Wildman–Crippen LogP) is 3.42. The smallest absolute Gasteiger partial charge is 0.224 e. The second kappa shape index (κ2) is 9.43. The van der Waals surface area contributed by atoms with Gasteiger partial charge < -0.3 is 10.2 Å². The number of carbonyl (C=O) groups is 1. The molecule has 1 aliphatic rings. The fourth-order valence-electron chi connectivity index (χ4n) is 2.71. The van der Waals surface area contributed by atoms with E-state index < -0.39 is 0 Å². The first-order valence-electron chi connectivity index (χ1n) is 7.94. The SMILES string of the molecule is CN1CCCC(C(=O)NCCCSCc2ccccc2Cl)C1. The number of carbonyl (C=O) groups excluding carboxylic acids is 1. The van der Waals surface area contributed by atoms with Crippen LogP contribution in [0, 0.1) is 5.92 Å². The number of nitrogens with zero attached hydrogens (tertiary/aromatic N) is 1. The van der Waals surface area contributed by atoms with Crippen LogP contribution in [-0.4, -0.2) is 43.2 Å². The predicted molar refractivity (Wildman–Crippen MR) is 95.5 cm³/mol. The molecule has 1 unspecified atom stereocenters. The average Bonchev–Trinajstić information content (AvgIpc) is 2.52. The molecule has 5 heteroatoms. The Morgan fingerprint density at radius 1 is 1.45 bits per heavy atom. The summed E-state index contributed by atoms with van der Waals surface area (Å²) in [5.41, 5.74) is 1.18. The maximum absolute atomic E-state index is 12.1. The summed E-state index contributed by atoms with van der Waals surface area (Å²) in [7, 11) is 2.09. The van der Waals surface area contributed by atoms with Gasteiger partial charge in [0.25, 0.3) is 0 Å². The number of amides is 1. The van der Waals surface area contributed by atoms with Gasteiger partial charge in [-0.05, 0) is 50.2 Å². The molecule has 0 spiro atoms. The summed E-state index contributed by atoms with van der Waals surface area (Å²) in [6.45, 7) is 2.78. The molecule has 1 fully saturated rings. The van der Waals surface area contributed by atoms with E-state index in [0.29, 0.717) is 0 Å². The molecule has 0 aromatic heterocycles. The first kappa shape index (κ1) is 17.6. The van der Waals surface area contributed by atoms with Crippen LogP contribution in [0.5, 0.6) is 0 Å². The van der Waals surface area contributed by atoms with Crippen molar-refractivity contribution in [3.8, 4) is 0 Å². The normalized spacial score (nSPS) is 19.1. The van der Waals surface area contributed by atoms with E-state index in [1.165, 1.54) is 5.56 Å². The van der Waals surface area contributed by atoms with Crippen LogP contribution in [0.25, 0.3) is 0 Å². The maximum atomic E-state index is 12.1. The Bertz CT molecular complexity index is 483. The fraction of sp³-hybridized carbons (Fsp3) is 0.588. The summed E-state index contributed by atoms with van der Waals surface area (Å²) in [6, 6.07) is 7.97. The minimum atomic E-state index is 0.175. The van der Waals surface area contributed by atoms with Crippen LogP contribution >= 0.6 is 23.4 Å². The lowest BCUT2D eigenvalue weighted by Crippen LogP contribution is -2.41. The van der Waals surface area contributed by atoms with Crippen molar-refractivity contribution in [2.45, 2.75) is 25.0 Å². The quantitative estimate of drug-likeness (QED) is 0.772. The van der Waals surface area contributed by atoms with E-state index in [2.05, 4.69) is 23.3 Å². The number of thioether (sulfide) groups is 1. The molecule has 1 aromatic rings. The zero-order chi connectivity index (χ0) is 15.8. The van der Waals surface area contributed by atoms with E-state index in [1.807, 2.05) is 30.0 Å². The summed E-state index contributed by atoms with van der Waals surface area (Å²) in [4.78, 5) is 14.3. The molecule has 1 aliphatic heterocycles. The van der Waals surface area contributed by atoms with Gasteiger partial charge in [0.1, 0.15) is 0 Å². The Hall–Kier alpha value is -0.710. The lowest BCUT2D eigenvalue weighted by molar-refractivity contribution is -0.126. The third kappa shape index (κ3) is 5.82. The van der Waals surface area contributed by atoms with Crippen LogP contribution in [0.15, 0.2) is 24.3 Å². The number of benzene rings is 1. The molecule has 1 saturated heterocycles. The molecule has 1 N–H and O–H groups in total. The Morgan fingerprint density at radius 3 is 3.05 bits per heavy atom. The van der Waals surface area contributed by atoms with Gasteiger partial charge in [0.15, 0.2) is 0 Å². The van der Waals surface area contributed by atoms with Gasteiger partial charge in [0.2, 0.25) is 5.91 Å². The maximum Gasteiger partial charge on any atom is 0.224 e. The van der Waals surface area contributed by atoms with Crippen molar-refractivity contribution < 1.29 is 4.79 Å². The monoisotopic (exact) mass is 340 g/mol. The zero-order valence-corrected chi connectivity index (χ0v) is 14.8. The van der Waals surface area contributed by atoms with Crippen LogP contribution in [0.1, 0.15) is 24.8 Å². The first-order valence-corrected chi connectivity index (χ1v) is 9.47. The van der Waals surface area contributed by atoms with Gasteiger partial charge in [0, 0.05) is 23.9 Å². The van der Waals surface area contributed by atoms with Gasteiger partial charge >= 0.3 is 0 Å². The van der Waals surface area contributed by atoms with E-state index >= 15 is 0 Å². The van der Waals surface area contributed by atoms with E-state index in [9.17, 15) is 4.79 Å². The summed E-state index contributed by atoms with van der Waals surface area (Å²) in [6.07, 6.45) is 3.16. The van der Waals surface area contributed by atoms with E-state index in [0.717, 1.165) is 55.4 Å². The lowest BCUT2D eigenvalue weighted by atomic mass is 9.98. The number of halogens is 1. The molecule has 0 bridgehead atoms. The number of piperidine rings is 1. The average molecular weight is 341 g/mol. The molecule has 3 nitrogen and oxygen atoms in total. The van der Waals surface area contributed by atoms with Crippen LogP contribution in [0.2, 0.25) is 5.02 Å². The minimum Gasteiger partial charge on any atom is -0.356 e. The summed E-state index contributed by atoms with van der Waals surface area (Å²) in [5.74, 6) is 2.37. The topological polar surface area (TPSA) is 32.3 Å². The van der Waals surface area contributed by atoms with Crippen LogP contribution in [0.4, 0.5) is 0 Å². The summed E-state index contributed by atoms with van der Waals surface area (Å²) < 4.78 is 0. The van der Waals surface area contributed by atoms with E-state index in [1.54, 1.807) is 0 Å². The highest BCUT2D eigenvalue weighted by molar-refractivity contribution is 7.98. The highest BCUT2D eigenvalue weighted by Crippen LogP contribution is 2.21.